The van der Waals surface area contributed by atoms with Gasteiger partial charge in [0.05, 0.1) is 20.3 Å². The van der Waals surface area contributed by atoms with Crippen molar-refractivity contribution in [1.82, 2.24) is 15.6 Å². The van der Waals surface area contributed by atoms with Gasteiger partial charge in [0.2, 0.25) is 5.88 Å². The van der Waals surface area contributed by atoms with Gasteiger partial charge >= 0.3 is 0 Å². The van der Waals surface area contributed by atoms with E-state index in [1.165, 1.54) is 12.8 Å². The Morgan fingerprint density at radius 2 is 2.04 bits per heavy atom. The van der Waals surface area contributed by atoms with E-state index in [4.69, 9.17) is 9.47 Å². The van der Waals surface area contributed by atoms with Gasteiger partial charge in [0.1, 0.15) is 5.75 Å². The van der Waals surface area contributed by atoms with Crippen molar-refractivity contribution in [3.8, 4) is 11.6 Å². The van der Waals surface area contributed by atoms with Gasteiger partial charge in [-0.15, -0.1) is 24.0 Å². The minimum atomic E-state index is 0. The number of rotatable bonds is 9. The molecule has 7 heteroatoms. The number of hydrogen-bond donors (Lipinski definition) is 2. The first-order chi connectivity index (χ1) is 13.3. The molecular formula is C21H29IN4O2. The molecule has 0 unspecified atom stereocenters. The van der Waals surface area contributed by atoms with Gasteiger partial charge in [-0.05, 0) is 43.4 Å². The number of pyridine rings is 1. The van der Waals surface area contributed by atoms with Crippen LogP contribution >= 0.6 is 24.0 Å². The number of guanidine groups is 1. The van der Waals surface area contributed by atoms with Gasteiger partial charge in [0.25, 0.3) is 0 Å². The van der Waals surface area contributed by atoms with Gasteiger partial charge in [0, 0.05) is 30.9 Å². The van der Waals surface area contributed by atoms with Gasteiger partial charge in [-0.3, -0.25) is 0 Å². The van der Waals surface area contributed by atoms with Crippen LogP contribution in [-0.2, 0) is 13.1 Å². The SMILES string of the molecule is CCNC(=NCc1ccnc(OCC2CC2)c1)NCc1ccccc1OC.I. The van der Waals surface area contributed by atoms with Gasteiger partial charge in [0.15, 0.2) is 5.96 Å². The Kier molecular flexibility index (Phi) is 9.33. The molecule has 1 fully saturated rings. The molecule has 0 saturated heterocycles. The highest BCUT2D eigenvalue weighted by molar-refractivity contribution is 14.0. The normalized spacial score (nSPS) is 13.4. The largest absolute Gasteiger partial charge is 0.496 e. The summed E-state index contributed by atoms with van der Waals surface area (Å²) in [4.78, 5) is 8.96. The van der Waals surface area contributed by atoms with Crippen LogP contribution in [0.4, 0.5) is 0 Å². The summed E-state index contributed by atoms with van der Waals surface area (Å²) in [6.07, 6.45) is 4.32. The molecule has 152 valence electrons. The molecular weight excluding hydrogens is 467 g/mol. The minimum Gasteiger partial charge on any atom is -0.496 e. The fourth-order valence-corrected chi connectivity index (χ4v) is 2.66. The third kappa shape index (κ3) is 7.18. The molecule has 1 aromatic carbocycles. The van der Waals surface area contributed by atoms with Crippen molar-refractivity contribution in [3.63, 3.8) is 0 Å². The van der Waals surface area contributed by atoms with Crippen LogP contribution in [0.1, 0.15) is 30.9 Å². The van der Waals surface area contributed by atoms with Crippen molar-refractivity contribution in [1.29, 1.82) is 0 Å². The lowest BCUT2D eigenvalue weighted by molar-refractivity contribution is 0.288. The molecule has 28 heavy (non-hydrogen) atoms. The van der Waals surface area contributed by atoms with E-state index in [0.717, 1.165) is 36.0 Å². The lowest BCUT2D eigenvalue weighted by Gasteiger charge is -2.13. The van der Waals surface area contributed by atoms with Crippen LogP contribution in [0.15, 0.2) is 47.6 Å². The van der Waals surface area contributed by atoms with Crippen molar-refractivity contribution >= 4 is 29.9 Å². The summed E-state index contributed by atoms with van der Waals surface area (Å²) < 4.78 is 11.2. The zero-order valence-corrected chi connectivity index (χ0v) is 18.8. The van der Waals surface area contributed by atoms with Crippen molar-refractivity contribution in [2.45, 2.75) is 32.9 Å². The van der Waals surface area contributed by atoms with Crippen LogP contribution in [0.5, 0.6) is 11.6 Å². The maximum atomic E-state index is 5.75. The lowest BCUT2D eigenvalue weighted by Crippen LogP contribution is -2.36. The van der Waals surface area contributed by atoms with E-state index in [0.29, 0.717) is 24.9 Å². The van der Waals surface area contributed by atoms with E-state index in [9.17, 15) is 0 Å². The summed E-state index contributed by atoms with van der Waals surface area (Å²) in [6.45, 7) is 4.81. The average molecular weight is 496 g/mol. The van der Waals surface area contributed by atoms with Gasteiger partial charge in [-0.25, -0.2) is 9.98 Å². The van der Waals surface area contributed by atoms with E-state index in [1.807, 2.05) is 36.4 Å². The predicted molar refractivity (Wildman–Crippen MR) is 123 cm³/mol. The summed E-state index contributed by atoms with van der Waals surface area (Å²) in [7, 11) is 1.68. The van der Waals surface area contributed by atoms with E-state index in [2.05, 4.69) is 27.5 Å². The van der Waals surface area contributed by atoms with Gasteiger partial charge in [-0.2, -0.15) is 0 Å². The minimum absolute atomic E-state index is 0. The monoisotopic (exact) mass is 496 g/mol. The molecule has 0 atom stereocenters. The first-order valence-electron chi connectivity index (χ1n) is 9.50. The molecule has 1 heterocycles. The molecule has 1 aromatic heterocycles. The highest BCUT2D eigenvalue weighted by Gasteiger charge is 2.22. The third-order valence-electron chi connectivity index (χ3n) is 4.37. The Balaban J connectivity index is 0.00000280. The van der Waals surface area contributed by atoms with Crippen molar-refractivity contribution < 1.29 is 9.47 Å². The molecule has 0 radical (unpaired) electrons. The molecule has 0 amide bonds. The number of halogens is 1. The Bertz CT molecular complexity index is 766. The second-order valence-corrected chi connectivity index (χ2v) is 6.62. The maximum absolute atomic E-state index is 5.75. The van der Waals surface area contributed by atoms with E-state index >= 15 is 0 Å². The Hall–Kier alpha value is -2.03. The molecule has 0 bridgehead atoms. The predicted octanol–water partition coefficient (Wildman–Crippen LogP) is 3.75. The molecule has 2 N–H and O–H groups in total. The average Bonchev–Trinajstić information content (AvgIpc) is 3.53. The quantitative estimate of drug-likeness (QED) is 0.315. The second-order valence-electron chi connectivity index (χ2n) is 6.62. The van der Waals surface area contributed by atoms with Crippen molar-refractivity contribution in [2.75, 3.05) is 20.3 Å². The second kappa shape index (κ2) is 11.7. The standard InChI is InChI=1S/C21H28N4O2.HI/c1-3-22-21(25-14-18-6-4-5-7-19(18)26-2)24-13-17-10-11-23-20(12-17)27-15-16-8-9-16;/h4-7,10-12,16H,3,8-9,13-15H2,1-2H3,(H2,22,24,25);1H. The molecule has 0 aliphatic heterocycles. The Morgan fingerprint density at radius 1 is 1.21 bits per heavy atom. The van der Waals surface area contributed by atoms with Crippen LogP contribution in [0, 0.1) is 5.92 Å². The first-order valence-corrected chi connectivity index (χ1v) is 9.50. The zero-order valence-electron chi connectivity index (χ0n) is 16.5. The zero-order chi connectivity index (χ0) is 18.9. The highest BCUT2D eigenvalue weighted by atomic mass is 127. The smallest absolute Gasteiger partial charge is 0.213 e. The van der Waals surface area contributed by atoms with Crippen molar-refractivity contribution in [3.05, 3.63) is 53.7 Å². The van der Waals surface area contributed by atoms with E-state index < -0.39 is 0 Å². The highest BCUT2D eigenvalue weighted by Crippen LogP contribution is 2.29. The van der Waals surface area contributed by atoms with Gasteiger partial charge < -0.3 is 20.1 Å². The van der Waals surface area contributed by atoms with E-state index in [-0.39, 0.29) is 24.0 Å². The molecule has 3 rings (SSSR count). The lowest BCUT2D eigenvalue weighted by atomic mass is 10.2. The molecule has 6 nitrogen and oxygen atoms in total. The van der Waals surface area contributed by atoms with Crippen LogP contribution in [-0.4, -0.2) is 31.2 Å². The van der Waals surface area contributed by atoms with Crippen LogP contribution in [0.2, 0.25) is 0 Å². The Morgan fingerprint density at radius 3 is 2.79 bits per heavy atom. The number of hydrogen-bond acceptors (Lipinski definition) is 4. The number of benzene rings is 1. The number of para-hydroxylation sites is 1. The molecule has 1 aliphatic carbocycles. The molecule has 2 aromatic rings. The summed E-state index contributed by atoms with van der Waals surface area (Å²) in [5.41, 5.74) is 2.16. The topological polar surface area (TPSA) is 67.8 Å². The van der Waals surface area contributed by atoms with Gasteiger partial charge in [-0.1, -0.05) is 18.2 Å². The fraction of sp³-hybridized carbons (Fsp3) is 0.429. The van der Waals surface area contributed by atoms with Crippen LogP contribution in [0.3, 0.4) is 0 Å². The Labute approximate surface area is 184 Å². The number of aromatic nitrogens is 1. The molecule has 0 spiro atoms. The maximum Gasteiger partial charge on any atom is 0.213 e. The third-order valence-corrected chi connectivity index (χ3v) is 4.37. The summed E-state index contributed by atoms with van der Waals surface area (Å²) >= 11 is 0. The van der Waals surface area contributed by atoms with Crippen molar-refractivity contribution in [2.24, 2.45) is 10.9 Å². The number of ether oxygens (including phenoxy) is 2. The summed E-state index contributed by atoms with van der Waals surface area (Å²) in [6, 6.07) is 11.9. The fourth-order valence-electron chi connectivity index (χ4n) is 2.66. The van der Waals surface area contributed by atoms with E-state index in [1.54, 1.807) is 13.3 Å². The molecule has 1 saturated carbocycles. The number of nitrogens with zero attached hydrogens (tertiary/aromatic N) is 2. The summed E-state index contributed by atoms with van der Waals surface area (Å²) in [5.74, 6) is 3.03. The number of methoxy groups -OCH3 is 1. The van der Waals surface area contributed by atoms with Crippen LogP contribution in [0.25, 0.3) is 0 Å². The molecule has 1 aliphatic rings. The number of nitrogens with one attached hydrogen (secondary N) is 2. The number of aliphatic imine (C=N–C) groups is 1. The summed E-state index contributed by atoms with van der Waals surface area (Å²) in [5, 5.41) is 6.63. The first kappa shape index (κ1) is 22.3. The van der Waals surface area contributed by atoms with Crippen LogP contribution < -0.4 is 20.1 Å².